The molecule has 0 unspecified atom stereocenters. The molecule has 0 radical (unpaired) electrons. The second-order valence-corrected chi connectivity index (χ2v) is 22.4. The standard InChI is InChI=1S/C51H58FN8O6P/c1-8-11-36-27-38(13-15-43(36)67(64,9-2)10-3)57-20-21-58(50(57)63)46-44-33(7)56(19-16-40(44)54-60(46)39-24-30(4)45(52)31(5)25-39)47(61)42-28-37-26-35(34-17-22-65-23-18-34)12-14-41(37)59(42)51(29-32(51)6)48-53-49(62)66-55-48/h12-15,20-21,24-28,32-34H,8-11,16-19,22-23,29H2,1-7H3,(H,53,55,62)/t32-,33-,51-/m0/s1. The van der Waals surface area contributed by atoms with E-state index in [4.69, 9.17) is 14.4 Å². The largest absolute Gasteiger partial charge is 0.438 e. The van der Waals surface area contributed by atoms with Crippen molar-refractivity contribution in [3.05, 3.63) is 139 Å². The van der Waals surface area contributed by atoms with Gasteiger partial charge in [0.1, 0.15) is 30.0 Å². The number of amides is 1. The lowest BCUT2D eigenvalue weighted by Crippen LogP contribution is -2.41. The fourth-order valence-corrected chi connectivity index (χ4v) is 13.3. The third-order valence-corrected chi connectivity index (χ3v) is 18.3. The minimum atomic E-state index is -2.60. The number of aromatic nitrogens is 7. The van der Waals surface area contributed by atoms with E-state index in [0.29, 0.717) is 96.2 Å². The van der Waals surface area contributed by atoms with Gasteiger partial charge in [-0.1, -0.05) is 45.3 Å². The fourth-order valence-electron chi connectivity index (χ4n) is 11.1. The van der Waals surface area contributed by atoms with Crippen LogP contribution in [0.25, 0.3) is 28.1 Å². The number of halogens is 1. The first kappa shape index (κ1) is 44.8. The molecule has 6 heterocycles. The molecular formula is C51H58FN8O6P. The zero-order chi connectivity index (χ0) is 47.1. The van der Waals surface area contributed by atoms with E-state index in [0.717, 1.165) is 53.1 Å². The van der Waals surface area contributed by atoms with Crippen molar-refractivity contribution >= 4 is 29.3 Å². The second-order valence-electron chi connectivity index (χ2n) is 18.9. The number of aryl methyl sites for hydroxylation is 3. The number of hydrogen-bond donors (Lipinski definition) is 1. The summed E-state index contributed by atoms with van der Waals surface area (Å²) < 4.78 is 46.9. The highest BCUT2D eigenvalue weighted by Gasteiger charge is 2.59. The van der Waals surface area contributed by atoms with Crippen LogP contribution in [0.5, 0.6) is 0 Å². The Kier molecular flexibility index (Phi) is 11.3. The van der Waals surface area contributed by atoms with Crippen molar-refractivity contribution in [3.8, 4) is 17.2 Å². The molecule has 2 fully saturated rings. The number of carbonyl (C=O) groups excluding carboxylic acids is 1. The van der Waals surface area contributed by atoms with Crippen LogP contribution in [0.1, 0.15) is 122 Å². The molecule has 3 atom stereocenters. The lowest BCUT2D eigenvalue weighted by Gasteiger charge is -2.34. The van der Waals surface area contributed by atoms with Crippen LogP contribution in [0.2, 0.25) is 0 Å². The van der Waals surface area contributed by atoms with Gasteiger partial charge in [-0.3, -0.25) is 23.4 Å². The summed E-state index contributed by atoms with van der Waals surface area (Å²) in [5.74, 6) is -0.00524. The summed E-state index contributed by atoms with van der Waals surface area (Å²) >= 11 is 0. The predicted molar refractivity (Wildman–Crippen MR) is 256 cm³/mol. The van der Waals surface area contributed by atoms with E-state index in [1.54, 1.807) is 52.2 Å². The monoisotopic (exact) mass is 928 g/mol. The number of ether oxygens (including phenoxy) is 1. The van der Waals surface area contributed by atoms with E-state index in [2.05, 4.69) is 46.8 Å². The van der Waals surface area contributed by atoms with E-state index in [9.17, 15) is 14.2 Å². The van der Waals surface area contributed by atoms with Crippen molar-refractivity contribution in [1.82, 2.24) is 38.5 Å². The van der Waals surface area contributed by atoms with Crippen LogP contribution in [-0.2, 0) is 27.7 Å². The van der Waals surface area contributed by atoms with Crippen molar-refractivity contribution in [1.29, 1.82) is 0 Å². The van der Waals surface area contributed by atoms with Crippen LogP contribution < -0.4 is 16.8 Å². The van der Waals surface area contributed by atoms with Crippen LogP contribution in [0.15, 0.2) is 81.1 Å². The van der Waals surface area contributed by atoms with Gasteiger partial charge in [0.2, 0.25) is 0 Å². The maximum atomic E-state index is 15.6. The van der Waals surface area contributed by atoms with Crippen LogP contribution in [0.3, 0.4) is 0 Å². The van der Waals surface area contributed by atoms with Crippen molar-refractivity contribution in [2.45, 2.75) is 104 Å². The second kappa shape index (κ2) is 16.9. The van der Waals surface area contributed by atoms with Crippen molar-refractivity contribution in [2.75, 3.05) is 32.1 Å². The Bertz CT molecular complexity index is 3230. The quantitative estimate of drug-likeness (QED) is 0.120. The molecule has 0 bridgehead atoms. The summed E-state index contributed by atoms with van der Waals surface area (Å²) in [6.07, 6.45) is 9.00. The number of imidazole rings is 1. The lowest BCUT2D eigenvalue weighted by molar-refractivity contribution is 0.0663. The van der Waals surface area contributed by atoms with E-state index in [1.807, 2.05) is 49.9 Å². The molecule has 1 saturated heterocycles. The van der Waals surface area contributed by atoms with Gasteiger partial charge in [0.25, 0.3) is 5.91 Å². The number of fused-ring (bicyclic) bond motifs is 2. The highest BCUT2D eigenvalue weighted by atomic mass is 31.2. The van der Waals surface area contributed by atoms with Gasteiger partial charge >= 0.3 is 11.4 Å². The average molecular weight is 929 g/mol. The molecule has 0 spiro atoms. The Hall–Kier alpha value is -6.05. The van der Waals surface area contributed by atoms with Crippen molar-refractivity contribution in [2.24, 2.45) is 5.92 Å². The number of H-pyrrole nitrogens is 1. The molecule has 1 saturated carbocycles. The Labute approximate surface area is 388 Å². The molecule has 3 aromatic carbocycles. The van der Waals surface area contributed by atoms with Crippen molar-refractivity contribution < 1.29 is 23.0 Å². The minimum absolute atomic E-state index is 0.0244. The molecular weight excluding hydrogens is 871 g/mol. The van der Waals surface area contributed by atoms with Gasteiger partial charge in [-0.25, -0.2) is 18.7 Å². The number of nitrogens with zero attached hydrogens (tertiary/aromatic N) is 7. The topological polar surface area (TPSA) is 155 Å². The van der Waals surface area contributed by atoms with E-state index in [1.165, 1.54) is 5.56 Å². The summed E-state index contributed by atoms with van der Waals surface area (Å²) in [5, 5.41) is 11.1. The summed E-state index contributed by atoms with van der Waals surface area (Å²) in [6, 6.07) is 17.0. The Balaban J connectivity index is 1.11. The van der Waals surface area contributed by atoms with Crippen LogP contribution in [-0.4, -0.2) is 76.5 Å². The summed E-state index contributed by atoms with van der Waals surface area (Å²) in [6.45, 7) is 15.2. The van der Waals surface area contributed by atoms with E-state index >= 15 is 9.18 Å². The highest BCUT2D eigenvalue weighted by Crippen LogP contribution is 2.56. The van der Waals surface area contributed by atoms with Crippen LogP contribution >= 0.6 is 7.14 Å². The van der Waals surface area contributed by atoms with Gasteiger partial charge in [0.05, 0.1) is 23.1 Å². The first-order valence-electron chi connectivity index (χ1n) is 23.7. The first-order chi connectivity index (χ1) is 32.2. The number of nitrogens with one attached hydrogen (secondary N) is 1. The summed E-state index contributed by atoms with van der Waals surface area (Å²) in [7, 11) is -2.60. The minimum Gasteiger partial charge on any atom is -0.381 e. The molecule has 16 heteroatoms. The van der Waals surface area contributed by atoms with Gasteiger partial charge in [-0.05, 0) is 129 Å². The number of hydrogen-bond acceptors (Lipinski definition) is 8. The summed E-state index contributed by atoms with van der Waals surface area (Å²) in [5.41, 5.74) is 5.83. The van der Waals surface area contributed by atoms with Crippen LogP contribution in [0, 0.1) is 25.6 Å². The first-order valence-corrected chi connectivity index (χ1v) is 25.8. The zero-order valence-corrected chi connectivity index (χ0v) is 40.2. The number of aromatic amines is 1. The molecule has 2 aliphatic heterocycles. The normalized spacial score (nSPS) is 19.9. The van der Waals surface area contributed by atoms with Crippen LogP contribution in [0.4, 0.5) is 4.39 Å². The van der Waals surface area contributed by atoms with Gasteiger partial charge in [0, 0.05) is 72.7 Å². The van der Waals surface area contributed by atoms with E-state index < -0.39 is 24.5 Å². The molecule has 1 amide bonds. The zero-order valence-electron chi connectivity index (χ0n) is 39.3. The van der Waals surface area contributed by atoms with Gasteiger partial charge in [-0.2, -0.15) is 5.10 Å². The Morgan fingerprint density at radius 1 is 0.940 bits per heavy atom. The molecule has 1 aliphatic carbocycles. The lowest BCUT2D eigenvalue weighted by atomic mass is 9.91. The number of carbonyl (C=O) groups is 1. The third kappa shape index (κ3) is 7.22. The van der Waals surface area contributed by atoms with Gasteiger partial charge < -0.3 is 18.8 Å². The fraction of sp³-hybridized carbons (Fsp3) is 0.431. The molecule has 3 aliphatic rings. The molecule has 350 valence electrons. The maximum Gasteiger partial charge on any atom is 0.438 e. The average Bonchev–Trinajstić information content (AvgIpc) is 3.83. The third-order valence-electron chi connectivity index (χ3n) is 15.0. The number of rotatable bonds is 12. The Morgan fingerprint density at radius 3 is 2.31 bits per heavy atom. The summed E-state index contributed by atoms with van der Waals surface area (Å²) in [4.78, 5) is 47.6. The molecule has 67 heavy (non-hydrogen) atoms. The highest BCUT2D eigenvalue weighted by molar-refractivity contribution is 7.71. The van der Waals surface area contributed by atoms with Gasteiger partial charge in [0.15, 0.2) is 5.82 Å². The predicted octanol–water partition coefficient (Wildman–Crippen LogP) is 8.62. The SMILES string of the molecule is CCCc1cc(-n2ccn(-c3c4c(nn3-c3cc(C)c(F)c(C)c3)CCN(C(=O)c3cc5cc(C6CCOCC6)ccc5n3[C@@]3(c5noc(=O)[nH]5)C[C@@H]3C)[C@H]4C)c2=O)ccc1P(=O)(CC)CC. The molecule has 4 aromatic heterocycles. The number of benzene rings is 3. The van der Waals surface area contributed by atoms with Crippen molar-refractivity contribution in [3.63, 3.8) is 0 Å². The Morgan fingerprint density at radius 2 is 1.66 bits per heavy atom. The maximum absolute atomic E-state index is 15.6. The molecule has 10 rings (SSSR count). The molecule has 14 nitrogen and oxygen atoms in total. The molecule has 1 N–H and O–H groups in total. The van der Waals surface area contributed by atoms with E-state index in [-0.39, 0.29) is 23.3 Å². The smallest absolute Gasteiger partial charge is 0.381 e. The van der Waals surface area contributed by atoms with Gasteiger partial charge in [-0.15, -0.1) is 0 Å². The molecule has 7 aromatic rings.